The van der Waals surface area contributed by atoms with Crippen LogP contribution in [0.5, 0.6) is 0 Å². The van der Waals surface area contributed by atoms with Crippen LogP contribution in [0.15, 0.2) is 0 Å². The molecule has 0 aromatic rings. The second-order valence-corrected chi connectivity index (χ2v) is 4.75. The van der Waals surface area contributed by atoms with Crippen molar-refractivity contribution in [2.24, 2.45) is 11.8 Å². The van der Waals surface area contributed by atoms with Crippen molar-refractivity contribution in [3.63, 3.8) is 0 Å². The fourth-order valence-corrected chi connectivity index (χ4v) is 1.77. The Morgan fingerprint density at radius 3 is 2.40 bits per heavy atom. The van der Waals surface area contributed by atoms with Crippen LogP contribution in [0, 0.1) is 11.8 Å². The third kappa shape index (κ3) is 9.73. The monoisotopic (exact) mass is 214 g/mol. The van der Waals surface area contributed by atoms with Gasteiger partial charge in [-0.3, -0.25) is 4.79 Å². The van der Waals surface area contributed by atoms with Gasteiger partial charge in [-0.15, -0.1) is 0 Å². The third-order valence-electron chi connectivity index (χ3n) is 2.33. The zero-order valence-electron chi connectivity index (χ0n) is 10.6. The lowest BCUT2D eigenvalue weighted by molar-refractivity contribution is -0.121. The van der Waals surface area contributed by atoms with Gasteiger partial charge in [0, 0.05) is 13.0 Å². The van der Waals surface area contributed by atoms with E-state index in [0.717, 1.165) is 25.9 Å². The van der Waals surface area contributed by atoms with Crippen molar-refractivity contribution < 1.29 is 4.79 Å². The molecule has 90 valence electrons. The molecule has 0 bridgehead atoms. The Labute approximate surface area is 94.0 Å². The molecule has 1 atom stereocenters. The van der Waals surface area contributed by atoms with Crippen LogP contribution in [0.3, 0.4) is 0 Å². The molecule has 3 nitrogen and oxygen atoms in total. The van der Waals surface area contributed by atoms with Crippen LogP contribution in [0.25, 0.3) is 0 Å². The fraction of sp³-hybridized carbons (Fsp3) is 0.917. The predicted molar refractivity (Wildman–Crippen MR) is 64.8 cm³/mol. The molecule has 0 radical (unpaired) electrons. The molecular weight excluding hydrogens is 188 g/mol. The van der Waals surface area contributed by atoms with Gasteiger partial charge in [0.25, 0.3) is 0 Å². The van der Waals surface area contributed by atoms with Gasteiger partial charge in [0.05, 0.1) is 0 Å². The molecule has 0 aromatic heterocycles. The Hall–Kier alpha value is -0.570. The highest BCUT2D eigenvalue weighted by atomic mass is 16.1. The Morgan fingerprint density at radius 1 is 1.20 bits per heavy atom. The summed E-state index contributed by atoms with van der Waals surface area (Å²) in [7, 11) is 1.92. The van der Waals surface area contributed by atoms with Crippen molar-refractivity contribution in [1.82, 2.24) is 10.6 Å². The van der Waals surface area contributed by atoms with Gasteiger partial charge in [0.2, 0.25) is 5.91 Å². The molecule has 0 fully saturated rings. The zero-order valence-corrected chi connectivity index (χ0v) is 10.6. The Bertz CT molecular complexity index is 169. The first-order chi connectivity index (χ1) is 7.06. The van der Waals surface area contributed by atoms with Gasteiger partial charge in [0.1, 0.15) is 0 Å². The highest BCUT2D eigenvalue weighted by molar-refractivity contribution is 5.76. The van der Waals surface area contributed by atoms with E-state index >= 15 is 0 Å². The second-order valence-electron chi connectivity index (χ2n) is 4.75. The quantitative estimate of drug-likeness (QED) is 0.605. The average Bonchev–Trinajstić information content (AvgIpc) is 2.10. The summed E-state index contributed by atoms with van der Waals surface area (Å²) < 4.78 is 0. The van der Waals surface area contributed by atoms with E-state index < -0.39 is 0 Å². The predicted octanol–water partition coefficient (Wildman–Crippen LogP) is 1.78. The van der Waals surface area contributed by atoms with Gasteiger partial charge in [0.15, 0.2) is 0 Å². The van der Waals surface area contributed by atoms with Crippen molar-refractivity contribution in [3.8, 4) is 0 Å². The first kappa shape index (κ1) is 14.4. The smallest absolute Gasteiger partial charge is 0.220 e. The number of hydrogen-bond acceptors (Lipinski definition) is 2. The van der Waals surface area contributed by atoms with Crippen molar-refractivity contribution in [2.75, 3.05) is 20.1 Å². The van der Waals surface area contributed by atoms with E-state index in [1.54, 1.807) is 0 Å². The molecule has 1 amide bonds. The normalized spacial score (nSPS) is 12.9. The summed E-state index contributed by atoms with van der Waals surface area (Å²) in [6.07, 6.45) is 2.79. The van der Waals surface area contributed by atoms with Crippen molar-refractivity contribution in [3.05, 3.63) is 0 Å². The number of rotatable bonds is 8. The first-order valence-corrected chi connectivity index (χ1v) is 5.97. The lowest BCUT2D eigenvalue weighted by Gasteiger charge is -2.13. The summed E-state index contributed by atoms with van der Waals surface area (Å²) in [6, 6.07) is 0. The molecule has 0 saturated carbocycles. The maximum atomic E-state index is 11.5. The first-order valence-electron chi connectivity index (χ1n) is 5.97. The summed E-state index contributed by atoms with van der Waals surface area (Å²) in [6.45, 7) is 8.28. The summed E-state index contributed by atoms with van der Waals surface area (Å²) in [5.41, 5.74) is 0. The van der Waals surface area contributed by atoms with Gasteiger partial charge in [-0.05, 0) is 38.3 Å². The molecule has 0 saturated heterocycles. The van der Waals surface area contributed by atoms with Crippen LogP contribution >= 0.6 is 0 Å². The summed E-state index contributed by atoms with van der Waals surface area (Å²) in [5, 5.41) is 6.00. The SMILES string of the molecule is CNCCCNC(=O)CC(C)CC(C)C. The topological polar surface area (TPSA) is 41.1 Å². The van der Waals surface area contributed by atoms with Crippen molar-refractivity contribution in [2.45, 2.75) is 40.0 Å². The minimum absolute atomic E-state index is 0.194. The molecule has 0 aliphatic heterocycles. The Morgan fingerprint density at radius 2 is 1.87 bits per heavy atom. The van der Waals surface area contributed by atoms with E-state index in [1.165, 1.54) is 0 Å². The Balaban J connectivity index is 3.47. The molecule has 2 N–H and O–H groups in total. The van der Waals surface area contributed by atoms with Gasteiger partial charge >= 0.3 is 0 Å². The van der Waals surface area contributed by atoms with E-state index in [-0.39, 0.29) is 5.91 Å². The van der Waals surface area contributed by atoms with Gasteiger partial charge in [-0.25, -0.2) is 0 Å². The minimum Gasteiger partial charge on any atom is -0.356 e. The van der Waals surface area contributed by atoms with Crippen LogP contribution in [-0.4, -0.2) is 26.0 Å². The highest BCUT2D eigenvalue weighted by Gasteiger charge is 2.09. The number of hydrogen-bond donors (Lipinski definition) is 2. The molecule has 0 heterocycles. The van der Waals surface area contributed by atoms with Gasteiger partial charge in [-0.2, -0.15) is 0 Å². The lowest BCUT2D eigenvalue weighted by atomic mass is 9.96. The fourth-order valence-electron chi connectivity index (χ4n) is 1.77. The van der Waals surface area contributed by atoms with Gasteiger partial charge < -0.3 is 10.6 Å². The summed E-state index contributed by atoms with van der Waals surface area (Å²) in [5.74, 6) is 1.37. The molecule has 1 unspecified atom stereocenters. The lowest BCUT2D eigenvalue weighted by Crippen LogP contribution is -2.28. The number of carbonyl (C=O) groups is 1. The molecule has 0 aromatic carbocycles. The largest absolute Gasteiger partial charge is 0.356 e. The van der Waals surface area contributed by atoms with E-state index in [9.17, 15) is 4.79 Å². The number of carbonyl (C=O) groups excluding carboxylic acids is 1. The van der Waals surface area contributed by atoms with E-state index in [0.29, 0.717) is 18.3 Å². The maximum Gasteiger partial charge on any atom is 0.220 e. The van der Waals surface area contributed by atoms with Gasteiger partial charge in [-0.1, -0.05) is 20.8 Å². The Kier molecular flexibility index (Phi) is 8.38. The van der Waals surface area contributed by atoms with Crippen molar-refractivity contribution in [1.29, 1.82) is 0 Å². The molecule has 0 aliphatic carbocycles. The molecule has 0 rings (SSSR count). The standard InChI is InChI=1S/C12H26N2O/c1-10(2)8-11(3)9-12(15)14-7-5-6-13-4/h10-11,13H,5-9H2,1-4H3,(H,14,15). The molecule has 0 aliphatic rings. The van der Waals surface area contributed by atoms with E-state index in [1.807, 2.05) is 7.05 Å². The van der Waals surface area contributed by atoms with Crippen LogP contribution in [0.2, 0.25) is 0 Å². The summed E-state index contributed by atoms with van der Waals surface area (Å²) in [4.78, 5) is 11.5. The minimum atomic E-state index is 0.194. The zero-order chi connectivity index (χ0) is 11.7. The third-order valence-corrected chi connectivity index (χ3v) is 2.33. The molecular formula is C12H26N2O. The van der Waals surface area contributed by atoms with Crippen LogP contribution in [0.4, 0.5) is 0 Å². The molecule has 0 spiro atoms. The molecule has 15 heavy (non-hydrogen) atoms. The van der Waals surface area contributed by atoms with Crippen LogP contribution in [0.1, 0.15) is 40.0 Å². The number of nitrogens with one attached hydrogen (secondary N) is 2. The average molecular weight is 214 g/mol. The van der Waals surface area contributed by atoms with E-state index in [4.69, 9.17) is 0 Å². The number of amides is 1. The summed E-state index contributed by atoms with van der Waals surface area (Å²) >= 11 is 0. The van der Waals surface area contributed by atoms with Crippen molar-refractivity contribution >= 4 is 5.91 Å². The van der Waals surface area contributed by atoms with Crippen LogP contribution in [-0.2, 0) is 4.79 Å². The maximum absolute atomic E-state index is 11.5. The van der Waals surface area contributed by atoms with E-state index in [2.05, 4.69) is 31.4 Å². The second kappa shape index (κ2) is 8.72. The molecule has 3 heteroatoms. The highest BCUT2D eigenvalue weighted by Crippen LogP contribution is 2.13. The van der Waals surface area contributed by atoms with Crippen LogP contribution < -0.4 is 10.6 Å².